The zero-order valence-corrected chi connectivity index (χ0v) is 16.6. The first kappa shape index (κ1) is 20.9. The van der Waals surface area contributed by atoms with E-state index in [-0.39, 0.29) is 62.7 Å². The van der Waals surface area contributed by atoms with Gasteiger partial charge in [0.25, 0.3) is 0 Å². The monoisotopic (exact) mass is 386 g/mol. The van der Waals surface area contributed by atoms with Crippen molar-refractivity contribution in [1.82, 2.24) is 14.6 Å². The summed E-state index contributed by atoms with van der Waals surface area (Å²) < 4.78 is 40.3. The van der Waals surface area contributed by atoms with E-state index >= 15 is 0 Å². The molecule has 0 saturated heterocycles. The number of para-hydroxylation sites is 1. The van der Waals surface area contributed by atoms with Crippen LogP contribution in [0.25, 0.3) is 5.69 Å². The Kier molecular flexibility index (Phi) is 8.03. The average Bonchev–Trinajstić information content (AvgIpc) is 2.92. The van der Waals surface area contributed by atoms with Crippen molar-refractivity contribution in [2.75, 3.05) is 0 Å². The number of benzene rings is 1. The SMILES string of the molecule is NNSC(=S)C(=O)c1cnn(-c2ccccc2)c1C(F)(F)F.[H-].[K+]. The van der Waals surface area contributed by atoms with Crippen molar-refractivity contribution < 1.29 is 70.8 Å². The minimum atomic E-state index is -4.77. The van der Waals surface area contributed by atoms with Crippen LogP contribution in [-0.2, 0) is 6.18 Å². The number of halogens is 3. The van der Waals surface area contributed by atoms with Gasteiger partial charge in [0.2, 0.25) is 5.78 Å². The normalized spacial score (nSPS) is 11.0. The summed E-state index contributed by atoms with van der Waals surface area (Å²) in [7, 11) is 0. The third-order valence-corrected chi connectivity index (χ3v) is 3.54. The number of hydrazine groups is 1. The predicted molar refractivity (Wildman–Crippen MR) is 81.5 cm³/mol. The van der Waals surface area contributed by atoms with E-state index in [9.17, 15) is 18.0 Å². The summed E-state index contributed by atoms with van der Waals surface area (Å²) in [5.41, 5.74) is -1.61. The molecule has 1 aromatic carbocycles. The van der Waals surface area contributed by atoms with Gasteiger partial charge >= 0.3 is 57.6 Å². The minimum Gasteiger partial charge on any atom is -1.00 e. The summed E-state index contributed by atoms with van der Waals surface area (Å²) in [6, 6.07) is 7.69. The van der Waals surface area contributed by atoms with Gasteiger partial charge in [0.15, 0.2) is 5.69 Å². The quantitative estimate of drug-likeness (QED) is 0.187. The van der Waals surface area contributed by atoms with Gasteiger partial charge in [0, 0.05) is 0 Å². The van der Waals surface area contributed by atoms with Crippen LogP contribution < -0.4 is 62.1 Å². The Hall–Kier alpha value is -0.114. The zero-order chi connectivity index (χ0) is 16.3. The number of nitrogens with zero attached hydrogens (tertiary/aromatic N) is 2. The molecule has 1 heterocycles. The summed E-state index contributed by atoms with van der Waals surface area (Å²) >= 11 is 5.30. The number of nitrogens with two attached hydrogens (primary N) is 1. The second-order valence-corrected chi connectivity index (χ2v) is 5.50. The summed E-state index contributed by atoms with van der Waals surface area (Å²) in [6.45, 7) is 0. The van der Waals surface area contributed by atoms with E-state index in [2.05, 4.69) is 9.93 Å². The van der Waals surface area contributed by atoms with Crippen LogP contribution in [0.3, 0.4) is 0 Å². The van der Waals surface area contributed by atoms with E-state index in [1.54, 1.807) is 18.2 Å². The fraction of sp³-hybridized carbons (Fsp3) is 0.0833. The molecule has 2 aromatic rings. The number of hydrogen-bond donors (Lipinski definition) is 2. The Morgan fingerprint density at radius 3 is 2.48 bits per heavy atom. The number of thiocarbonyl (C=S) groups is 1. The van der Waals surface area contributed by atoms with E-state index in [1.807, 2.05) is 0 Å². The molecule has 5 nitrogen and oxygen atoms in total. The Morgan fingerprint density at radius 2 is 1.96 bits per heavy atom. The first-order valence-corrected chi connectivity index (χ1v) is 7.00. The van der Waals surface area contributed by atoms with Crippen molar-refractivity contribution in [3.63, 3.8) is 0 Å². The molecule has 23 heavy (non-hydrogen) atoms. The molecule has 0 spiro atoms. The molecule has 1 aromatic heterocycles. The van der Waals surface area contributed by atoms with Crippen LogP contribution in [0.5, 0.6) is 0 Å². The summed E-state index contributed by atoms with van der Waals surface area (Å²) in [4.78, 5) is 14.1. The van der Waals surface area contributed by atoms with Gasteiger partial charge < -0.3 is 1.43 Å². The largest absolute Gasteiger partial charge is 1.00 e. The van der Waals surface area contributed by atoms with Crippen LogP contribution in [0, 0.1) is 0 Å². The smallest absolute Gasteiger partial charge is 1.00 e. The summed E-state index contributed by atoms with van der Waals surface area (Å²) in [6.07, 6.45) is -3.92. The number of aromatic nitrogens is 2. The molecule has 0 saturated carbocycles. The molecule has 11 heteroatoms. The van der Waals surface area contributed by atoms with Gasteiger partial charge in [0.1, 0.15) is 4.20 Å². The van der Waals surface area contributed by atoms with E-state index in [0.29, 0.717) is 16.6 Å². The molecular weight excluding hydrogens is 376 g/mol. The van der Waals surface area contributed by atoms with Crippen LogP contribution in [0.2, 0.25) is 0 Å². The number of carbonyl (C=O) groups is 1. The maximum atomic E-state index is 13.3. The molecule has 118 valence electrons. The van der Waals surface area contributed by atoms with Crippen LogP contribution in [0.1, 0.15) is 17.5 Å². The van der Waals surface area contributed by atoms with E-state index in [0.717, 1.165) is 6.20 Å². The maximum Gasteiger partial charge on any atom is 1.00 e. The minimum absolute atomic E-state index is 0. The molecule has 3 N–H and O–H groups in total. The molecule has 0 unspecified atom stereocenters. The van der Waals surface area contributed by atoms with Crippen molar-refractivity contribution in [3.05, 3.63) is 47.8 Å². The third-order valence-electron chi connectivity index (χ3n) is 2.62. The van der Waals surface area contributed by atoms with Gasteiger partial charge in [-0.15, -0.1) is 0 Å². The van der Waals surface area contributed by atoms with Gasteiger partial charge in [0.05, 0.1) is 17.4 Å². The zero-order valence-electron chi connectivity index (χ0n) is 12.8. The van der Waals surface area contributed by atoms with E-state index < -0.39 is 23.2 Å². The number of Topliss-reactive ketones (excluding diaryl/α,β-unsaturated/α-hetero) is 1. The first-order valence-electron chi connectivity index (χ1n) is 5.78. The van der Waals surface area contributed by atoms with E-state index in [4.69, 9.17) is 18.1 Å². The van der Waals surface area contributed by atoms with E-state index in [1.165, 1.54) is 12.1 Å². The molecule has 0 aliphatic heterocycles. The second kappa shape index (κ2) is 8.83. The number of nitrogens with one attached hydrogen (secondary N) is 1. The number of alkyl halides is 3. The van der Waals surface area contributed by atoms with Gasteiger partial charge in [-0.3, -0.25) is 10.6 Å². The van der Waals surface area contributed by atoms with Gasteiger partial charge in [-0.2, -0.15) is 23.1 Å². The fourth-order valence-electron chi connectivity index (χ4n) is 1.76. The van der Waals surface area contributed by atoms with Crippen LogP contribution >= 0.6 is 24.2 Å². The number of carbonyl (C=O) groups excluding carboxylic acids is 1. The maximum absolute atomic E-state index is 13.3. The summed E-state index contributed by atoms with van der Waals surface area (Å²) in [5, 5.41) is 3.67. The van der Waals surface area contributed by atoms with Gasteiger partial charge in [-0.25, -0.2) is 4.68 Å². The fourth-order valence-corrected chi connectivity index (χ4v) is 2.33. The first-order chi connectivity index (χ1) is 10.4. The number of hydrogen-bond acceptors (Lipinski definition) is 6. The average molecular weight is 386 g/mol. The molecule has 0 aliphatic rings. The molecule has 0 aliphatic carbocycles. The molecule has 0 radical (unpaired) electrons. The summed E-state index contributed by atoms with van der Waals surface area (Å²) in [5.74, 6) is 4.03. The number of rotatable bonds is 4. The van der Waals surface area contributed by atoms with Crippen molar-refractivity contribution in [1.29, 1.82) is 0 Å². The van der Waals surface area contributed by atoms with Crippen molar-refractivity contribution in [3.8, 4) is 5.69 Å². The number of ketones is 1. The van der Waals surface area contributed by atoms with Gasteiger partial charge in [-0.05, 0) is 24.1 Å². The van der Waals surface area contributed by atoms with Crippen molar-refractivity contribution in [2.45, 2.75) is 6.18 Å². The van der Waals surface area contributed by atoms with Crippen molar-refractivity contribution in [2.24, 2.45) is 5.84 Å². The third kappa shape index (κ3) is 4.93. The van der Waals surface area contributed by atoms with Gasteiger partial charge in [-0.1, -0.05) is 30.4 Å². The molecular formula is C12H10F3KN4OS2. The Morgan fingerprint density at radius 1 is 1.35 bits per heavy atom. The van der Waals surface area contributed by atoms with Crippen LogP contribution in [0.15, 0.2) is 36.5 Å². The van der Waals surface area contributed by atoms with Crippen LogP contribution in [0.4, 0.5) is 13.2 Å². The molecule has 0 bridgehead atoms. The molecule has 0 amide bonds. The molecule has 2 rings (SSSR count). The van der Waals surface area contributed by atoms with Crippen molar-refractivity contribution >= 4 is 34.1 Å². The Labute approximate surface area is 183 Å². The Bertz CT molecular complexity index is 712. The molecule has 0 fully saturated rings. The second-order valence-electron chi connectivity index (χ2n) is 3.99. The standard InChI is InChI=1S/C12H9F3N4OS2.K.H/c13-12(14,15)10-8(9(20)11(21)22-18-16)6-17-19(10)7-4-2-1-3-5-7;;/h1-6,18H,16H2;;/q;+1;-1. The Balaban J connectivity index is 0.00000264. The predicted octanol–water partition coefficient (Wildman–Crippen LogP) is -0.371. The molecule has 0 atom stereocenters. The topological polar surface area (TPSA) is 72.9 Å². The van der Waals surface area contributed by atoms with Crippen LogP contribution in [-0.4, -0.2) is 19.8 Å².